The first-order valence-corrected chi connectivity index (χ1v) is 8.98. The number of nitrogens with zero attached hydrogens (tertiary/aromatic N) is 3. The summed E-state index contributed by atoms with van der Waals surface area (Å²) in [6, 6.07) is 9.75. The lowest BCUT2D eigenvalue weighted by Gasteiger charge is -2.24. The minimum absolute atomic E-state index is 0.428. The molecule has 0 saturated carbocycles. The largest absolute Gasteiger partial charge is 0.481 e. The Morgan fingerprint density at radius 1 is 1.19 bits per heavy atom. The van der Waals surface area contributed by atoms with Crippen LogP contribution >= 0.6 is 0 Å². The summed E-state index contributed by atoms with van der Waals surface area (Å²) >= 11 is 0. The van der Waals surface area contributed by atoms with Crippen molar-refractivity contribution in [1.29, 1.82) is 0 Å². The highest BCUT2D eigenvalue weighted by molar-refractivity contribution is 5.82. The number of pyridine rings is 1. The third-order valence-corrected chi connectivity index (χ3v) is 5.41. The van der Waals surface area contributed by atoms with Crippen LogP contribution in [0.4, 0.5) is 5.95 Å². The average molecular weight is 362 g/mol. The molecule has 0 spiro atoms. The van der Waals surface area contributed by atoms with Gasteiger partial charge in [0.2, 0.25) is 5.95 Å². The van der Waals surface area contributed by atoms with Gasteiger partial charge < -0.3 is 10.8 Å². The summed E-state index contributed by atoms with van der Waals surface area (Å²) in [5.41, 5.74) is 10.7. The monoisotopic (exact) mass is 362 g/mol. The van der Waals surface area contributed by atoms with Crippen LogP contribution < -0.4 is 5.73 Å². The van der Waals surface area contributed by atoms with Crippen LogP contribution in [0.1, 0.15) is 35.2 Å². The van der Waals surface area contributed by atoms with E-state index in [1.165, 1.54) is 0 Å². The predicted octanol–water partition coefficient (Wildman–Crippen LogP) is 3.35. The zero-order valence-electron chi connectivity index (χ0n) is 15.4. The van der Waals surface area contributed by atoms with Crippen molar-refractivity contribution in [2.45, 2.75) is 38.6 Å². The van der Waals surface area contributed by atoms with Crippen molar-refractivity contribution in [2.24, 2.45) is 0 Å². The van der Waals surface area contributed by atoms with Crippen LogP contribution in [0.15, 0.2) is 42.5 Å². The topological polar surface area (TPSA) is 94.0 Å². The van der Waals surface area contributed by atoms with E-state index in [1.54, 1.807) is 0 Å². The van der Waals surface area contributed by atoms with E-state index in [0.29, 0.717) is 25.3 Å². The van der Waals surface area contributed by atoms with Crippen molar-refractivity contribution in [3.63, 3.8) is 0 Å². The van der Waals surface area contributed by atoms with Gasteiger partial charge in [-0.05, 0) is 49.4 Å². The number of anilines is 1. The number of hydrogen-bond donors (Lipinski definition) is 2. The first kappa shape index (κ1) is 17.3. The van der Waals surface area contributed by atoms with E-state index in [1.807, 2.05) is 60.9 Å². The molecule has 1 aromatic carbocycles. The Bertz CT molecular complexity index is 1060. The Hall–Kier alpha value is -3.15. The fourth-order valence-corrected chi connectivity index (χ4v) is 3.87. The number of nitrogen functional groups attached to an aromatic ring is 1. The number of aromatic nitrogens is 3. The minimum atomic E-state index is -0.838. The fraction of sp³-hybridized carbons (Fsp3) is 0.286. The van der Waals surface area contributed by atoms with Crippen molar-refractivity contribution in [1.82, 2.24) is 14.5 Å². The van der Waals surface area contributed by atoms with Crippen molar-refractivity contribution in [2.75, 3.05) is 5.73 Å². The molecule has 0 aliphatic heterocycles. The quantitative estimate of drug-likeness (QED) is 0.694. The Morgan fingerprint density at radius 2 is 1.85 bits per heavy atom. The van der Waals surface area contributed by atoms with E-state index >= 15 is 0 Å². The Labute approximate surface area is 157 Å². The summed E-state index contributed by atoms with van der Waals surface area (Å²) in [5, 5.41) is 9.72. The number of nitrogens with two attached hydrogens (primary N) is 1. The highest BCUT2D eigenvalue weighted by Crippen LogP contribution is 2.37. The van der Waals surface area contributed by atoms with Gasteiger partial charge in [0.25, 0.3) is 0 Å². The molecule has 2 heterocycles. The van der Waals surface area contributed by atoms with E-state index in [4.69, 9.17) is 5.73 Å². The molecule has 0 radical (unpaired) electrons. The van der Waals surface area contributed by atoms with E-state index in [0.717, 1.165) is 33.5 Å². The molecule has 0 unspecified atom stereocenters. The van der Waals surface area contributed by atoms with Gasteiger partial charge in [0, 0.05) is 5.69 Å². The van der Waals surface area contributed by atoms with Crippen LogP contribution in [0.5, 0.6) is 0 Å². The smallest absolute Gasteiger partial charge is 0.314 e. The average Bonchev–Trinajstić information content (AvgIpc) is 3.23. The number of benzene rings is 1. The number of fused-ring (bicyclic) bond motifs is 1. The third-order valence-electron chi connectivity index (χ3n) is 5.41. The van der Waals surface area contributed by atoms with Gasteiger partial charge in [0.05, 0.1) is 12.0 Å². The van der Waals surface area contributed by atoms with Crippen LogP contribution in [0.25, 0.3) is 11.2 Å². The molecule has 27 heavy (non-hydrogen) atoms. The van der Waals surface area contributed by atoms with Gasteiger partial charge in [0.15, 0.2) is 5.65 Å². The molecule has 3 N–H and O–H groups in total. The summed E-state index contributed by atoms with van der Waals surface area (Å²) in [4.78, 5) is 20.9. The molecule has 0 saturated heterocycles. The number of carboxylic acid groups (broad SMARTS) is 1. The highest BCUT2D eigenvalue weighted by atomic mass is 16.4. The second kappa shape index (κ2) is 6.23. The first-order chi connectivity index (χ1) is 12.9. The molecular formula is C21H22N4O2. The Balaban J connectivity index is 1.68. The molecule has 0 atom stereocenters. The van der Waals surface area contributed by atoms with Crippen LogP contribution in [0, 0.1) is 13.8 Å². The number of hydrogen-bond acceptors (Lipinski definition) is 4. The molecule has 1 aliphatic rings. The maximum absolute atomic E-state index is 11.8. The molecule has 6 nitrogen and oxygen atoms in total. The lowest BCUT2D eigenvalue weighted by Crippen LogP contribution is -2.32. The van der Waals surface area contributed by atoms with Crippen molar-refractivity contribution in [3.8, 4) is 0 Å². The SMILES string of the molecule is Cc1cc(C)c2nc(N)n(Cc3ccc(C4(C(=O)O)CC=CC4)cc3)c2n1. The number of aliphatic carboxylic acids is 1. The molecule has 0 amide bonds. The second-order valence-electron chi connectivity index (χ2n) is 7.27. The van der Waals surface area contributed by atoms with Gasteiger partial charge in [0.1, 0.15) is 5.52 Å². The lowest BCUT2D eigenvalue weighted by molar-refractivity contribution is -0.143. The molecule has 4 rings (SSSR count). The summed E-state index contributed by atoms with van der Waals surface area (Å²) < 4.78 is 1.90. The summed E-state index contributed by atoms with van der Waals surface area (Å²) in [6.45, 7) is 4.50. The van der Waals surface area contributed by atoms with Crippen LogP contribution in [0.3, 0.4) is 0 Å². The Kier molecular flexibility index (Phi) is 3.98. The zero-order chi connectivity index (χ0) is 19.2. The maximum atomic E-state index is 11.8. The lowest BCUT2D eigenvalue weighted by atomic mass is 9.78. The molecule has 1 aliphatic carbocycles. The van der Waals surface area contributed by atoms with Gasteiger partial charge >= 0.3 is 5.97 Å². The van der Waals surface area contributed by atoms with E-state index < -0.39 is 11.4 Å². The van der Waals surface area contributed by atoms with Crippen LogP contribution in [0.2, 0.25) is 0 Å². The van der Waals surface area contributed by atoms with Gasteiger partial charge in [-0.3, -0.25) is 9.36 Å². The molecular weight excluding hydrogens is 340 g/mol. The van der Waals surface area contributed by atoms with E-state index in [9.17, 15) is 9.90 Å². The number of aryl methyl sites for hydroxylation is 2. The van der Waals surface area contributed by atoms with Crippen molar-refractivity contribution in [3.05, 3.63) is 64.9 Å². The molecule has 138 valence electrons. The Morgan fingerprint density at radius 3 is 2.48 bits per heavy atom. The van der Waals surface area contributed by atoms with E-state index in [-0.39, 0.29) is 0 Å². The van der Waals surface area contributed by atoms with Gasteiger partial charge in [-0.1, -0.05) is 36.4 Å². The molecule has 6 heteroatoms. The standard InChI is InChI=1S/C21H22N4O2/c1-13-11-14(2)23-18-17(13)24-20(22)25(18)12-15-5-7-16(8-6-15)21(19(26)27)9-3-4-10-21/h3-8,11H,9-10,12H2,1-2H3,(H2,22,24)(H,26,27). The summed E-state index contributed by atoms with van der Waals surface area (Å²) in [6.07, 6.45) is 4.94. The second-order valence-corrected chi connectivity index (χ2v) is 7.27. The van der Waals surface area contributed by atoms with Gasteiger partial charge in [-0.2, -0.15) is 0 Å². The maximum Gasteiger partial charge on any atom is 0.314 e. The van der Waals surface area contributed by atoms with E-state index in [2.05, 4.69) is 9.97 Å². The van der Waals surface area contributed by atoms with Crippen LogP contribution in [-0.2, 0) is 16.8 Å². The molecule has 2 aromatic heterocycles. The summed E-state index contributed by atoms with van der Waals surface area (Å²) in [7, 11) is 0. The first-order valence-electron chi connectivity index (χ1n) is 8.98. The van der Waals surface area contributed by atoms with Gasteiger partial charge in [-0.15, -0.1) is 0 Å². The van der Waals surface area contributed by atoms with Crippen LogP contribution in [-0.4, -0.2) is 25.6 Å². The summed E-state index contributed by atoms with van der Waals surface area (Å²) in [5.74, 6) is -0.350. The molecule has 0 fully saturated rings. The van der Waals surface area contributed by atoms with Crippen molar-refractivity contribution < 1.29 is 9.90 Å². The predicted molar refractivity (Wildman–Crippen MR) is 105 cm³/mol. The number of rotatable bonds is 4. The normalized spacial score (nSPS) is 15.5. The third kappa shape index (κ3) is 2.77. The van der Waals surface area contributed by atoms with Gasteiger partial charge in [-0.25, -0.2) is 9.97 Å². The molecule has 0 bridgehead atoms. The highest BCUT2D eigenvalue weighted by Gasteiger charge is 2.40. The number of carboxylic acids is 1. The van der Waals surface area contributed by atoms with Crippen molar-refractivity contribution >= 4 is 23.1 Å². The molecule has 3 aromatic rings. The number of allylic oxidation sites excluding steroid dienone is 2. The number of carbonyl (C=O) groups is 1. The fourth-order valence-electron chi connectivity index (χ4n) is 3.87. The minimum Gasteiger partial charge on any atom is -0.481 e. The zero-order valence-corrected chi connectivity index (χ0v) is 15.4. The number of imidazole rings is 1.